The van der Waals surface area contributed by atoms with Crippen LogP contribution in [0.4, 0.5) is 10.3 Å². The van der Waals surface area contributed by atoms with E-state index in [-0.39, 0.29) is 23.7 Å². The van der Waals surface area contributed by atoms with E-state index in [1.807, 2.05) is 21.8 Å². The van der Waals surface area contributed by atoms with Crippen LogP contribution in [0.15, 0.2) is 48.1 Å². The summed E-state index contributed by atoms with van der Waals surface area (Å²) in [6.45, 7) is 12.9. The monoisotopic (exact) mass is 566 g/mol. The van der Waals surface area contributed by atoms with Crippen LogP contribution >= 0.6 is 0 Å². The quantitative estimate of drug-likeness (QED) is 0.218. The molecule has 2 aliphatic heterocycles. The van der Waals surface area contributed by atoms with Crippen molar-refractivity contribution in [2.75, 3.05) is 18.1 Å². The fraction of sp³-hybridized carbons (Fsp3) is 0.517. The molecule has 0 bridgehead atoms. The molecule has 2 saturated heterocycles. The first kappa shape index (κ1) is 28.4. The van der Waals surface area contributed by atoms with E-state index in [2.05, 4.69) is 54.1 Å². The molecule has 4 heterocycles. The Kier molecular flexibility index (Phi) is 8.34. The van der Waals surface area contributed by atoms with Gasteiger partial charge in [-0.3, -0.25) is 4.90 Å². The van der Waals surface area contributed by atoms with Gasteiger partial charge in [0, 0.05) is 60.4 Å². The van der Waals surface area contributed by atoms with Gasteiger partial charge in [-0.25, -0.2) is 19.0 Å². The predicted octanol–water partition coefficient (Wildman–Crippen LogP) is 6.44. The van der Waals surface area contributed by atoms with Crippen molar-refractivity contribution in [1.29, 1.82) is 0 Å². The van der Waals surface area contributed by atoms with Crippen molar-refractivity contribution in [3.63, 3.8) is 0 Å². The van der Waals surface area contributed by atoms with Gasteiger partial charge in [0.15, 0.2) is 14.2 Å². The number of anilines is 1. The molecule has 2 aliphatic rings. The van der Waals surface area contributed by atoms with Gasteiger partial charge in [0.25, 0.3) is 0 Å². The van der Waals surface area contributed by atoms with E-state index in [1.165, 1.54) is 0 Å². The minimum absolute atomic E-state index is 0.00242. The maximum absolute atomic E-state index is 15.4. The molecule has 214 valence electrons. The fourth-order valence-electron chi connectivity index (χ4n) is 4.35. The zero-order valence-electron chi connectivity index (χ0n) is 24.1. The molecule has 0 saturated carbocycles. The number of oxime groups is 1. The summed E-state index contributed by atoms with van der Waals surface area (Å²) >= 11 is 0. The van der Waals surface area contributed by atoms with Crippen molar-refractivity contribution in [2.45, 2.75) is 84.0 Å². The van der Waals surface area contributed by atoms with Gasteiger partial charge in [0.2, 0.25) is 5.95 Å². The van der Waals surface area contributed by atoms with Crippen LogP contribution in [0.25, 0.3) is 11.1 Å². The lowest BCUT2D eigenvalue weighted by Gasteiger charge is -2.36. The molecule has 1 atom stereocenters. The number of amidine groups is 1. The first-order valence-corrected chi connectivity index (χ1v) is 16.9. The lowest BCUT2D eigenvalue weighted by molar-refractivity contribution is -0.0396. The van der Waals surface area contributed by atoms with Crippen LogP contribution in [-0.4, -0.2) is 47.1 Å². The first-order valence-electron chi connectivity index (χ1n) is 14.0. The summed E-state index contributed by atoms with van der Waals surface area (Å²) in [5.41, 5.74) is 2.55. The molecule has 0 spiro atoms. The van der Waals surface area contributed by atoms with E-state index in [0.29, 0.717) is 29.2 Å². The molecule has 0 amide bonds. The zero-order valence-corrected chi connectivity index (χ0v) is 25.1. The summed E-state index contributed by atoms with van der Waals surface area (Å²) in [4.78, 5) is 16.5. The largest absolute Gasteiger partial charge is 0.412 e. The Labute approximate surface area is 236 Å². The minimum atomic E-state index is -1.99. The first-order chi connectivity index (χ1) is 19.1. The summed E-state index contributed by atoms with van der Waals surface area (Å²) < 4.78 is 29.3. The standard InChI is InChI=1S/C29H39FN6O3Si/c1-29(2,3)40(4,5)39-20-22-9-8-10-24(27(22)30)23-16-31-28(32-17-23)35-13-12-25(35)34-38-19-21-15-33-36(18-21)26-11-6-7-14-37-26/h8-10,15-18,26H,6-7,11-14,19-20H2,1-5H3. The van der Waals surface area contributed by atoms with E-state index < -0.39 is 8.32 Å². The predicted molar refractivity (Wildman–Crippen MR) is 155 cm³/mol. The Balaban J connectivity index is 1.19. The molecule has 11 heteroatoms. The second kappa shape index (κ2) is 11.8. The van der Waals surface area contributed by atoms with E-state index in [1.54, 1.807) is 30.7 Å². The molecule has 0 N–H and O–H groups in total. The molecule has 5 rings (SSSR count). The number of halogens is 1. The van der Waals surface area contributed by atoms with Crippen molar-refractivity contribution in [3.8, 4) is 11.1 Å². The summed E-state index contributed by atoms with van der Waals surface area (Å²) in [6, 6.07) is 5.37. The number of benzene rings is 1. The normalized spacial score (nSPS) is 19.1. The Morgan fingerprint density at radius 2 is 1.93 bits per heavy atom. The topological polar surface area (TPSA) is 86.9 Å². The minimum Gasteiger partial charge on any atom is -0.412 e. The van der Waals surface area contributed by atoms with Gasteiger partial charge in [-0.1, -0.05) is 44.1 Å². The van der Waals surface area contributed by atoms with Gasteiger partial charge < -0.3 is 14.0 Å². The third-order valence-electron chi connectivity index (χ3n) is 8.04. The zero-order chi connectivity index (χ0) is 28.3. The Morgan fingerprint density at radius 3 is 2.60 bits per heavy atom. The average molecular weight is 567 g/mol. The number of ether oxygens (including phenoxy) is 1. The van der Waals surface area contributed by atoms with Gasteiger partial charge >= 0.3 is 0 Å². The van der Waals surface area contributed by atoms with E-state index >= 15 is 4.39 Å². The molecule has 2 fully saturated rings. The second-order valence-electron chi connectivity index (χ2n) is 11.9. The summed E-state index contributed by atoms with van der Waals surface area (Å²) in [6.07, 6.45) is 11.0. The van der Waals surface area contributed by atoms with Gasteiger partial charge in [0.1, 0.15) is 18.7 Å². The van der Waals surface area contributed by atoms with Gasteiger partial charge in [-0.05, 0) is 37.4 Å². The van der Waals surface area contributed by atoms with Gasteiger partial charge in [0.05, 0.1) is 12.8 Å². The van der Waals surface area contributed by atoms with Crippen molar-refractivity contribution >= 4 is 20.1 Å². The average Bonchev–Trinajstić information content (AvgIpc) is 3.39. The van der Waals surface area contributed by atoms with Crippen LogP contribution < -0.4 is 4.90 Å². The molecule has 0 radical (unpaired) electrons. The lowest BCUT2D eigenvalue weighted by Crippen LogP contribution is -2.44. The number of hydrogen-bond acceptors (Lipinski definition) is 7. The summed E-state index contributed by atoms with van der Waals surface area (Å²) in [5, 5.41) is 8.76. The molecular weight excluding hydrogens is 527 g/mol. The third-order valence-corrected chi connectivity index (χ3v) is 12.5. The molecule has 40 heavy (non-hydrogen) atoms. The van der Waals surface area contributed by atoms with Gasteiger partial charge in [-0.15, -0.1) is 0 Å². The third kappa shape index (κ3) is 6.26. The van der Waals surface area contributed by atoms with Gasteiger partial charge in [-0.2, -0.15) is 5.10 Å². The Hall–Kier alpha value is -3.15. The Morgan fingerprint density at radius 1 is 1.12 bits per heavy atom. The van der Waals surface area contributed by atoms with Crippen LogP contribution in [0.2, 0.25) is 18.1 Å². The highest BCUT2D eigenvalue weighted by atomic mass is 28.4. The SMILES string of the molecule is CC(C)(C)[Si](C)(C)OCc1cccc(-c2cnc(N3CCC3=NOCc3cnn(C4CCCCO4)c3)nc2)c1F. The Bertz CT molecular complexity index is 1330. The molecule has 2 aromatic heterocycles. The molecule has 0 aliphatic carbocycles. The number of hydrogen-bond donors (Lipinski definition) is 0. The van der Waals surface area contributed by atoms with E-state index in [0.717, 1.165) is 50.2 Å². The van der Waals surface area contributed by atoms with Crippen LogP contribution in [0.5, 0.6) is 0 Å². The molecular formula is C29H39FN6O3Si. The number of rotatable bonds is 9. The molecule has 1 unspecified atom stereocenters. The van der Waals surface area contributed by atoms with Crippen LogP contribution in [0.1, 0.15) is 63.8 Å². The highest BCUT2D eigenvalue weighted by Gasteiger charge is 2.37. The van der Waals surface area contributed by atoms with Crippen molar-refractivity contribution in [1.82, 2.24) is 19.7 Å². The smallest absolute Gasteiger partial charge is 0.230 e. The second-order valence-corrected chi connectivity index (χ2v) is 16.7. The van der Waals surface area contributed by atoms with E-state index in [4.69, 9.17) is 14.0 Å². The summed E-state index contributed by atoms with van der Waals surface area (Å²) in [5.74, 6) is 0.972. The van der Waals surface area contributed by atoms with Crippen LogP contribution in [-0.2, 0) is 27.2 Å². The van der Waals surface area contributed by atoms with Crippen molar-refractivity contribution in [3.05, 3.63) is 59.9 Å². The molecule has 3 aromatic rings. The van der Waals surface area contributed by atoms with Crippen molar-refractivity contribution < 1.29 is 18.4 Å². The van der Waals surface area contributed by atoms with Crippen LogP contribution in [0, 0.1) is 5.82 Å². The summed E-state index contributed by atoms with van der Waals surface area (Å²) in [7, 11) is -1.99. The highest BCUT2D eigenvalue weighted by molar-refractivity contribution is 6.74. The number of aromatic nitrogens is 4. The van der Waals surface area contributed by atoms with Crippen molar-refractivity contribution in [2.24, 2.45) is 5.16 Å². The van der Waals surface area contributed by atoms with Crippen LogP contribution in [0.3, 0.4) is 0 Å². The molecule has 9 nitrogen and oxygen atoms in total. The lowest BCUT2D eigenvalue weighted by atomic mass is 10.1. The molecule has 1 aromatic carbocycles. The fourth-order valence-corrected chi connectivity index (χ4v) is 5.30. The van der Waals surface area contributed by atoms with E-state index in [9.17, 15) is 0 Å². The number of nitrogens with zero attached hydrogens (tertiary/aromatic N) is 6. The highest BCUT2D eigenvalue weighted by Crippen LogP contribution is 2.37. The maximum Gasteiger partial charge on any atom is 0.230 e. The maximum atomic E-state index is 15.4.